The highest BCUT2D eigenvalue weighted by Crippen LogP contribution is 2.43. The van der Waals surface area contributed by atoms with Gasteiger partial charge in [-0.3, -0.25) is 4.79 Å². The van der Waals surface area contributed by atoms with Crippen molar-refractivity contribution in [3.63, 3.8) is 0 Å². The molecule has 2 unspecified atom stereocenters. The van der Waals surface area contributed by atoms with Crippen molar-refractivity contribution in [3.05, 3.63) is 76.5 Å². The molecule has 1 aliphatic rings. The molecule has 41 heavy (non-hydrogen) atoms. The quantitative estimate of drug-likeness (QED) is 0.288. The highest BCUT2D eigenvalue weighted by Gasteiger charge is 2.62. The number of ketones is 1. The number of methoxy groups -OCH3 is 2. The van der Waals surface area contributed by atoms with Crippen LogP contribution >= 0.6 is 12.4 Å². The number of ether oxygens (including phenoxy) is 2. The smallest absolute Gasteiger partial charge is 0.406 e. The van der Waals surface area contributed by atoms with Crippen LogP contribution in [0.4, 0.5) is 30.6 Å². The van der Waals surface area contributed by atoms with E-state index >= 15 is 0 Å². The summed E-state index contributed by atoms with van der Waals surface area (Å²) in [5, 5.41) is 10.2. The van der Waals surface area contributed by atoms with Gasteiger partial charge < -0.3 is 30.9 Å². The van der Waals surface area contributed by atoms with E-state index in [0.29, 0.717) is 10.5 Å². The third kappa shape index (κ3) is 5.90. The van der Waals surface area contributed by atoms with E-state index in [1.165, 1.54) is 18.3 Å². The molecule has 0 spiro atoms. The summed E-state index contributed by atoms with van der Waals surface area (Å²) in [4.78, 5) is 35.1. The molecule has 0 saturated carbocycles. The molecule has 2 aromatic carbocycles. The number of carbonyl (C=O) groups is 2. The van der Waals surface area contributed by atoms with E-state index < -0.39 is 36.3 Å². The average Bonchev–Trinajstić information content (AvgIpc) is 2.90. The van der Waals surface area contributed by atoms with E-state index in [4.69, 9.17) is 20.9 Å². The number of fused-ring (bicyclic) bond motifs is 1. The number of carboxylic acid groups (broad SMARTS) is 1. The number of rotatable bonds is 6. The number of aliphatic carboxylic acids is 1. The van der Waals surface area contributed by atoms with Gasteiger partial charge in [-0.1, -0.05) is 30.0 Å². The molecule has 1 aliphatic heterocycles. The van der Waals surface area contributed by atoms with Gasteiger partial charge in [-0.15, -0.1) is 12.4 Å². The Morgan fingerprint density at radius 1 is 1.15 bits per heavy atom. The highest BCUT2D eigenvalue weighted by atomic mass is 35.5. The Bertz CT molecular complexity index is 1530. The molecule has 0 fully saturated rings. The molecule has 0 amide bonds. The summed E-state index contributed by atoms with van der Waals surface area (Å²) >= 11 is 0. The van der Waals surface area contributed by atoms with Gasteiger partial charge in [0, 0.05) is 49.1 Å². The summed E-state index contributed by atoms with van der Waals surface area (Å²) in [6, 6.07) is 11.6. The number of alkyl halides is 3. The molecule has 10 nitrogen and oxygen atoms in total. The number of nitrogens with two attached hydrogens (primary N) is 2. The predicted octanol–water partition coefficient (Wildman–Crippen LogP) is 3.06. The molecule has 0 radical (unpaired) electrons. The minimum Gasteiger partial charge on any atom is -0.479 e. The second-order valence-electron chi connectivity index (χ2n) is 8.82. The molecule has 5 N–H and O–H groups in total. The third-order valence-electron chi connectivity index (χ3n) is 6.41. The number of aromatic nitrogens is 2. The molecule has 2 atom stereocenters. The summed E-state index contributed by atoms with van der Waals surface area (Å²) in [6.07, 6.45) is -5.62. The van der Waals surface area contributed by atoms with E-state index in [0.717, 1.165) is 14.2 Å². The minimum atomic E-state index is -4.80. The predicted molar refractivity (Wildman–Crippen MR) is 146 cm³/mol. The first-order valence-corrected chi connectivity index (χ1v) is 11.7. The van der Waals surface area contributed by atoms with Crippen LogP contribution in [0.2, 0.25) is 0 Å². The number of halogens is 4. The molecule has 3 aromatic rings. The van der Waals surface area contributed by atoms with Crippen LogP contribution in [0, 0.1) is 11.8 Å². The van der Waals surface area contributed by atoms with Gasteiger partial charge >= 0.3 is 12.1 Å². The van der Waals surface area contributed by atoms with Gasteiger partial charge in [0.15, 0.2) is 6.23 Å². The lowest BCUT2D eigenvalue weighted by Gasteiger charge is -2.46. The zero-order valence-electron chi connectivity index (χ0n) is 21.7. The lowest BCUT2D eigenvalue weighted by Crippen LogP contribution is -2.68. The van der Waals surface area contributed by atoms with Gasteiger partial charge in [0.25, 0.3) is 5.60 Å². The van der Waals surface area contributed by atoms with Crippen molar-refractivity contribution in [2.24, 2.45) is 0 Å². The minimum absolute atomic E-state index is 0. The van der Waals surface area contributed by atoms with Gasteiger partial charge in [-0.05, 0) is 29.8 Å². The maximum Gasteiger partial charge on any atom is 0.406 e. The van der Waals surface area contributed by atoms with Gasteiger partial charge in [-0.2, -0.15) is 18.2 Å². The lowest BCUT2D eigenvalue weighted by atomic mass is 9.80. The molecule has 4 rings (SSSR count). The third-order valence-corrected chi connectivity index (χ3v) is 6.41. The number of carbonyl (C=O) groups excluding carboxylic acids is 1. The second-order valence-corrected chi connectivity index (χ2v) is 8.82. The second kappa shape index (κ2) is 12.0. The van der Waals surface area contributed by atoms with Crippen molar-refractivity contribution in [2.75, 3.05) is 37.1 Å². The van der Waals surface area contributed by atoms with E-state index in [-0.39, 0.29) is 58.5 Å². The zero-order valence-corrected chi connectivity index (χ0v) is 22.5. The Morgan fingerprint density at radius 2 is 1.83 bits per heavy atom. The summed E-state index contributed by atoms with van der Waals surface area (Å²) in [5.41, 5.74) is 9.51. The van der Waals surface area contributed by atoms with Crippen LogP contribution in [0.15, 0.2) is 48.7 Å². The van der Waals surface area contributed by atoms with E-state index in [9.17, 15) is 27.9 Å². The first-order chi connectivity index (χ1) is 18.9. The number of Topliss-reactive ketones (excluding diaryl/α,β-unsaturated/α-hetero) is 1. The Kier molecular flexibility index (Phi) is 9.13. The number of carboxylic acids is 1. The van der Waals surface area contributed by atoms with Crippen molar-refractivity contribution in [3.8, 4) is 11.8 Å². The molecule has 1 aromatic heterocycles. The molecule has 0 aliphatic carbocycles. The Labute approximate surface area is 238 Å². The maximum absolute atomic E-state index is 14.0. The molecular weight excluding hydrogens is 567 g/mol. The van der Waals surface area contributed by atoms with Crippen LogP contribution in [0.3, 0.4) is 0 Å². The standard InChI is InChI=1S/C27H24F3N5O5.ClH/c1-39-23-27(40-2,24(37)38)21(36)20-18(12-17-13-33-25(32)34-22(17)31)16(9-8-15-6-4-3-5-7-15)10-11-19(20)35(23)14-26(28,29)30;/h3-7,10-11,13,23H,12,14H2,1-2H3,(H,37,38)(H4,31,32,33,34);1H. The van der Waals surface area contributed by atoms with Crippen LogP contribution < -0.4 is 16.4 Å². The molecule has 0 bridgehead atoms. The van der Waals surface area contributed by atoms with Crippen molar-refractivity contribution in [1.29, 1.82) is 0 Å². The van der Waals surface area contributed by atoms with Crippen LogP contribution in [0.5, 0.6) is 0 Å². The van der Waals surface area contributed by atoms with Crippen molar-refractivity contribution < 1.29 is 37.3 Å². The fraction of sp³-hybridized carbons (Fsp3) is 0.259. The van der Waals surface area contributed by atoms with Gasteiger partial charge in [0.05, 0.1) is 5.69 Å². The highest BCUT2D eigenvalue weighted by molar-refractivity contribution is 6.21. The average molecular weight is 592 g/mol. The monoisotopic (exact) mass is 591 g/mol. The van der Waals surface area contributed by atoms with Crippen LogP contribution in [-0.2, 0) is 20.7 Å². The van der Waals surface area contributed by atoms with E-state index in [2.05, 4.69) is 21.8 Å². The number of hydrogen-bond donors (Lipinski definition) is 3. The summed E-state index contributed by atoms with van der Waals surface area (Å²) in [7, 11) is 1.91. The molecule has 216 valence electrons. The summed E-state index contributed by atoms with van der Waals surface area (Å²) in [6.45, 7) is -1.63. The fourth-order valence-electron chi connectivity index (χ4n) is 4.63. The number of anilines is 3. The maximum atomic E-state index is 14.0. The molecule has 14 heteroatoms. The number of nitrogens with zero attached hydrogens (tertiary/aromatic N) is 3. The number of benzene rings is 2. The fourth-order valence-corrected chi connectivity index (χ4v) is 4.63. The lowest BCUT2D eigenvalue weighted by molar-refractivity contribution is -0.175. The topological polar surface area (TPSA) is 154 Å². The van der Waals surface area contributed by atoms with Crippen molar-refractivity contribution in [2.45, 2.75) is 24.4 Å². The Hall–Kier alpha value is -4.38. The number of hydrogen-bond acceptors (Lipinski definition) is 9. The number of nitrogen functional groups attached to an aromatic ring is 2. The van der Waals surface area contributed by atoms with Gasteiger partial charge in [0.2, 0.25) is 11.7 Å². The molecule has 0 saturated heterocycles. The van der Waals surface area contributed by atoms with Crippen molar-refractivity contribution >= 4 is 41.6 Å². The normalized spacial score (nSPS) is 18.1. The largest absolute Gasteiger partial charge is 0.479 e. The Balaban J connectivity index is 0.00000462. The van der Waals surface area contributed by atoms with Crippen LogP contribution in [0.1, 0.15) is 32.6 Å². The van der Waals surface area contributed by atoms with E-state index in [1.54, 1.807) is 30.3 Å². The summed E-state index contributed by atoms with van der Waals surface area (Å²) < 4.78 is 51.7. The first kappa shape index (κ1) is 31.2. The SMILES string of the molecule is COC1N(CC(F)(F)F)c2ccc(C#Cc3ccccc3)c(Cc3cnc(N)nc3N)c2C(=O)C1(OC)C(=O)O.Cl. The van der Waals surface area contributed by atoms with Crippen LogP contribution in [-0.4, -0.2) is 65.6 Å². The molecule has 2 heterocycles. The molecular formula is C27H25ClF3N5O5. The first-order valence-electron chi connectivity index (χ1n) is 11.7. The van der Waals surface area contributed by atoms with E-state index in [1.807, 2.05) is 0 Å². The van der Waals surface area contributed by atoms with Gasteiger partial charge in [-0.25, -0.2) is 9.78 Å². The van der Waals surface area contributed by atoms with Crippen LogP contribution in [0.25, 0.3) is 0 Å². The van der Waals surface area contributed by atoms with Gasteiger partial charge in [0.1, 0.15) is 12.4 Å². The zero-order chi connectivity index (χ0) is 29.2. The summed E-state index contributed by atoms with van der Waals surface area (Å²) in [5.74, 6) is 2.81. The van der Waals surface area contributed by atoms with Crippen molar-refractivity contribution in [1.82, 2.24) is 9.97 Å². The Morgan fingerprint density at radius 3 is 2.39 bits per heavy atom.